The van der Waals surface area contributed by atoms with E-state index in [4.69, 9.17) is 4.74 Å². The first kappa shape index (κ1) is 22.1. The lowest BCUT2D eigenvalue weighted by molar-refractivity contribution is -0.384. The fourth-order valence-electron chi connectivity index (χ4n) is 4.20. The molecule has 2 amide bonds. The van der Waals surface area contributed by atoms with Gasteiger partial charge in [-0.15, -0.1) is 11.8 Å². The normalized spacial score (nSPS) is 25.4. The lowest BCUT2D eigenvalue weighted by atomic mass is 10.0. The summed E-state index contributed by atoms with van der Waals surface area (Å²) in [5.74, 6) is -0.439. The van der Waals surface area contributed by atoms with Crippen LogP contribution in [0.1, 0.15) is 30.2 Å². The van der Waals surface area contributed by atoms with Crippen LogP contribution < -0.4 is 9.64 Å². The van der Waals surface area contributed by atoms with Gasteiger partial charge in [0, 0.05) is 30.9 Å². The van der Waals surface area contributed by atoms with Crippen molar-refractivity contribution in [3.05, 3.63) is 63.7 Å². The van der Waals surface area contributed by atoms with Gasteiger partial charge >= 0.3 is 0 Å². The molecule has 1 N–H and O–H groups in total. The van der Waals surface area contributed by atoms with E-state index < -0.39 is 27.3 Å². The van der Waals surface area contributed by atoms with Gasteiger partial charge in [0.1, 0.15) is 5.75 Å². The van der Waals surface area contributed by atoms with Crippen LogP contribution in [0.4, 0.5) is 11.4 Å². The second kappa shape index (κ2) is 7.49. The number of amides is 2. The predicted octanol–water partition coefficient (Wildman–Crippen LogP) is 2.86. The van der Waals surface area contributed by atoms with Crippen molar-refractivity contribution in [2.24, 2.45) is 0 Å². The molecule has 1 unspecified atom stereocenters. The number of carbonyl (C=O) groups excluding carboxylic acids is 2. The van der Waals surface area contributed by atoms with Gasteiger partial charge in [0.25, 0.3) is 17.5 Å². The second-order valence-corrected chi connectivity index (χ2v) is 9.71. The van der Waals surface area contributed by atoms with Crippen molar-refractivity contribution < 1.29 is 24.4 Å². The van der Waals surface area contributed by atoms with Crippen LogP contribution in [0, 0.1) is 10.1 Å². The number of nitrogens with zero attached hydrogens (tertiary/aromatic N) is 3. The van der Waals surface area contributed by atoms with Crippen LogP contribution in [0.5, 0.6) is 5.75 Å². The minimum atomic E-state index is -2.07. The van der Waals surface area contributed by atoms with Gasteiger partial charge < -0.3 is 14.7 Å². The van der Waals surface area contributed by atoms with Crippen LogP contribution in [0.2, 0.25) is 0 Å². The van der Waals surface area contributed by atoms with Gasteiger partial charge in [0.2, 0.25) is 5.72 Å². The number of piperazine rings is 1. The number of benzene rings is 2. The lowest BCUT2D eigenvalue weighted by Crippen LogP contribution is -2.73. The summed E-state index contributed by atoms with van der Waals surface area (Å²) < 4.78 is 5.20. The fourth-order valence-corrected chi connectivity index (χ4v) is 5.84. The highest BCUT2D eigenvalue weighted by molar-refractivity contribution is 8.01. The molecule has 2 aromatic rings. The molecule has 0 aliphatic carbocycles. The van der Waals surface area contributed by atoms with E-state index in [1.807, 2.05) is 31.2 Å². The minimum absolute atomic E-state index is 0.177. The number of thioether (sulfide) groups is 1. The number of ether oxygens (including phenoxy) is 1. The fraction of sp³-hybridized carbons (Fsp3) is 0.364. The smallest absolute Gasteiger partial charge is 0.281 e. The van der Waals surface area contributed by atoms with Gasteiger partial charge in [0.15, 0.2) is 4.87 Å². The molecule has 3 atom stereocenters. The second-order valence-electron chi connectivity index (χ2n) is 8.09. The topological polar surface area (TPSA) is 113 Å². The Balaban J connectivity index is 1.82. The zero-order valence-electron chi connectivity index (χ0n) is 18.1. The number of nitro benzene ring substituents is 1. The van der Waals surface area contributed by atoms with Crippen molar-refractivity contribution in [2.45, 2.75) is 36.1 Å². The van der Waals surface area contributed by atoms with Crippen molar-refractivity contribution in [1.82, 2.24) is 4.90 Å². The standard InChI is InChI=1S/C22H23N3O6S/c1-13(14-6-9-17(31-4)10-7-14)32-22-12-15-5-8-16(25(29)30)11-18(15)24(22)19(26)21(2,28)23(3)20(22)27/h5-11,13,28H,12H2,1-4H3/t13-,21?,22-/m1/s1. The average molecular weight is 458 g/mol. The molecule has 168 valence electrons. The summed E-state index contributed by atoms with van der Waals surface area (Å²) in [6.07, 6.45) is 0.177. The number of non-ortho nitro benzene ring substituents is 1. The first-order valence-corrected chi connectivity index (χ1v) is 10.9. The first-order chi connectivity index (χ1) is 15.0. The van der Waals surface area contributed by atoms with E-state index in [2.05, 4.69) is 0 Å². The summed E-state index contributed by atoms with van der Waals surface area (Å²) >= 11 is 1.28. The number of hydrogen-bond acceptors (Lipinski definition) is 7. The Morgan fingerprint density at radius 2 is 1.84 bits per heavy atom. The van der Waals surface area contributed by atoms with Crippen LogP contribution in [0.25, 0.3) is 0 Å². The Morgan fingerprint density at radius 3 is 2.44 bits per heavy atom. The maximum absolute atomic E-state index is 13.6. The zero-order chi connectivity index (χ0) is 23.4. The molecule has 2 aliphatic heterocycles. The van der Waals surface area contributed by atoms with Crippen LogP contribution in [-0.4, -0.2) is 51.5 Å². The maximum atomic E-state index is 13.6. The number of fused-ring (bicyclic) bond motifs is 3. The number of nitro groups is 1. The van der Waals surface area contributed by atoms with Gasteiger partial charge in [-0.25, -0.2) is 0 Å². The van der Waals surface area contributed by atoms with E-state index in [9.17, 15) is 24.8 Å². The Hall–Kier alpha value is -3.11. The number of aliphatic hydroxyl groups is 1. The van der Waals surface area contributed by atoms with Crippen LogP contribution in [0.15, 0.2) is 42.5 Å². The molecular weight excluding hydrogens is 434 g/mol. The highest BCUT2D eigenvalue weighted by atomic mass is 32.2. The molecule has 2 aromatic carbocycles. The Bertz CT molecular complexity index is 1120. The van der Waals surface area contributed by atoms with Crippen LogP contribution >= 0.6 is 11.8 Å². The molecule has 32 heavy (non-hydrogen) atoms. The van der Waals surface area contributed by atoms with Crippen molar-refractivity contribution in [2.75, 3.05) is 19.1 Å². The summed E-state index contributed by atoms with van der Waals surface area (Å²) in [4.78, 5) is 38.8. The third kappa shape index (κ3) is 3.13. The molecular formula is C22H23N3O6S. The molecule has 0 aromatic heterocycles. The predicted molar refractivity (Wildman–Crippen MR) is 119 cm³/mol. The summed E-state index contributed by atoms with van der Waals surface area (Å²) in [5, 5.41) is 21.9. The molecule has 0 bridgehead atoms. The Kier molecular flexibility index (Phi) is 5.17. The van der Waals surface area contributed by atoms with E-state index in [-0.39, 0.29) is 23.0 Å². The number of hydrogen-bond donors (Lipinski definition) is 1. The van der Waals surface area contributed by atoms with Crippen LogP contribution in [-0.2, 0) is 16.0 Å². The molecule has 4 rings (SSSR count). The van der Waals surface area contributed by atoms with Gasteiger partial charge in [-0.05, 0) is 43.2 Å². The van der Waals surface area contributed by atoms with E-state index >= 15 is 0 Å². The SMILES string of the molecule is COc1ccc([C@@H](C)S[C@@]23Cc4ccc([N+](=O)[O-])cc4N2C(=O)C(C)(O)N(C)C3=O)cc1. The molecule has 10 heteroatoms. The molecule has 1 saturated heterocycles. The number of carbonyl (C=O) groups is 2. The minimum Gasteiger partial charge on any atom is -0.497 e. The number of rotatable bonds is 5. The van der Waals surface area contributed by atoms with E-state index in [1.54, 1.807) is 13.2 Å². The summed E-state index contributed by atoms with van der Waals surface area (Å²) in [5.41, 5.74) is -0.423. The monoisotopic (exact) mass is 457 g/mol. The molecule has 1 fully saturated rings. The third-order valence-electron chi connectivity index (χ3n) is 6.17. The third-order valence-corrected chi connectivity index (χ3v) is 7.69. The highest BCUT2D eigenvalue weighted by Gasteiger charge is 2.64. The molecule has 0 saturated carbocycles. The van der Waals surface area contributed by atoms with Gasteiger partial charge in [-0.1, -0.05) is 12.1 Å². The molecule has 2 heterocycles. The Labute approximate surface area is 189 Å². The van der Waals surface area contributed by atoms with Gasteiger partial charge in [-0.3, -0.25) is 24.6 Å². The van der Waals surface area contributed by atoms with E-state index in [1.165, 1.54) is 42.8 Å². The molecule has 0 spiro atoms. The average Bonchev–Trinajstić information content (AvgIpc) is 3.10. The van der Waals surface area contributed by atoms with Gasteiger partial charge in [0.05, 0.1) is 17.7 Å². The van der Waals surface area contributed by atoms with Crippen molar-refractivity contribution in [1.29, 1.82) is 0 Å². The largest absolute Gasteiger partial charge is 0.497 e. The van der Waals surface area contributed by atoms with E-state index in [0.717, 1.165) is 10.5 Å². The zero-order valence-corrected chi connectivity index (χ0v) is 18.9. The lowest BCUT2D eigenvalue weighted by Gasteiger charge is -2.50. The number of likely N-dealkylation sites (N-methyl/N-ethyl adjacent to an activating group) is 1. The Morgan fingerprint density at radius 1 is 1.19 bits per heavy atom. The number of anilines is 1. The molecule has 0 radical (unpaired) electrons. The highest BCUT2D eigenvalue weighted by Crippen LogP contribution is 2.54. The maximum Gasteiger partial charge on any atom is 0.281 e. The summed E-state index contributed by atoms with van der Waals surface area (Å²) in [7, 11) is 2.97. The van der Waals surface area contributed by atoms with Crippen molar-refractivity contribution >= 4 is 35.0 Å². The summed E-state index contributed by atoms with van der Waals surface area (Å²) in [6, 6.07) is 11.6. The van der Waals surface area contributed by atoms with E-state index in [0.29, 0.717) is 11.3 Å². The summed E-state index contributed by atoms with van der Waals surface area (Å²) in [6.45, 7) is 3.18. The van der Waals surface area contributed by atoms with Gasteiger partial charge in [-0.2, -0.15) is 0 Å². The first-order valence-electron chi connectivity index (χ1n) is 9.97. The quantitative estimate of drug-likeness (QED) is 0.542. The van der Waals surface area contributed by atoms with Crippen molar-refractivity contribution in [3.8, 4) is 5.75 Å². The van der Waals surface area contributed by atoms with Crippen molar-refractivity contribution in [3.63, 3.8) is 0 Å². The number of methoxy groups -OCH3 is 1. The molecule has 9 nitrogen and oxygen atoms in total. The molecule has 2 aliphatic rings. The van der Waals surface area contributed by atoms with Crippen LogP contribution in [0.3, 0.4) is 0 Å².